The molecule has 0 aliphatic carbocycles. The van der Waals surface area contributed by atoms with Gasteiger partial charge in [-0.15, -0.1) is 11.3 Å². The molecule has 0 aliphatic heterocycles. The fourth-order valence-corrected chi connectivity index (χ4v) is 2.69. The van der Waals surface area contributed by atoms with Crippen LogP contribution in [0, 0.1) is 0 Å². The van der Waals surface area contributed by atoms with Gasteiger partial charge in [-0.05, 0) is 17.9 Å². The highest BCUT2D eigenvalue weighted by Crippen LogP contribution is 2.27. The highest BCUT2D eigenvalue weighted by molar-refractivity contribution is 7.10. The van der Waals surface area contributed by atoms with Gasteiger partial charge in [0.2, 0.25) is 0 Å². The molecule has 0 aromatic carbocycles. The van der Waals surface area contributed by atoms with Crippen molar-refractivity contribution in [2.45, 2.75) is 51.9 Å². The molecule has 1 aromatic heterocycles. The summed E-state index contributed by atoms with van der Waals surface area (Å²) in [7, 11) is 0. The second-order valence-corrected chi connectivity index (χ2v) is 6.50. The van der Waals surface area contributed by atoms with E-state index >= 15 is 0 Å². The predicted molar refractivity (Wildman–Crippen MR) is 86.0 cm³/mol. The number of rotatable bonds is 8. The van der Waals surface area contributed by atoms with Gasteiger partial charge in [0.05, 0.1) is 6.54 Å². The van der Waals surface area contributed by atoms with Gasteiger partial charge in [0.1, 0.15) is 0 Å². The van der Waals surface area contributed by atoms with Crippen molar-refractivity contribution in [3.05, 3.63) is 22.4 Å². The van der Waals surface area contributed by atoms with E-state index in [0.717, 1.165) is 13.1 Å². The first-order valence-electron chi connectivity index (χ1n) is 7.14. The molecule has 1 aromatic rings. The second-order valence-electron chi connectivity index (χ2n) is 5.55. The maximum atomic E-state index is 5.89. The molecule has 108 valence electrons. The average molecular weight is 281 g/mol. The lowest BCUT2D eigenvalue weighted by Crippen LogP contribution is -2.34. The average Bonchev–Trinajstić information content (AvgIpc) is 2.91. The fourth-order valence-electron chi connectivity index (χ4n) is 1.85. The zero-order chi connectivity index (χ0) is 14.1. The van der Waals surface area contributed by atoms with Gasteiger partial charge in [0, 0.05) is 16.8 Å². The van der Waals surface area contributed by atoms with Gasteiger partial charge in [-0.1, -0.05) is 46.1 Å². The smallest absolute Gasteiger partial charge is 0.188 e. The molecule has 0 aliphatic rings. The van der Waals surface area contributed by atoms with Crippen LogP contribution in [-0.2, 0) is 5.41 Å². The summed E-state index contributed by atoms with van der Waals surface area (Å²) in [6, 6.07) is 4.25. The number of hydrogen-bond acceptors (Lipinski definition) is 2. The first kappa shape index (κ1) is 16.0. The maximum Gasteiger partial charge on any atom is 0.188 e. The molecule has 0 bridgehead atoms. The summed E-state index contributed by atoms with van der Waals surface area (Å²) >= 11 is 1.78. The summed E-state index contributed by atoms with van der Waals surface area (Å²) in [6.45, 7) is 8.28. The molecule has 3 nitrogen and oxygen atoms in total. The highest BCUT2D eigenvalue weighted by Gasteiger charge is 2.21. The van der Waals surface area contributed by atoms with E-state index in [2.05, 4.69) is 48.6 Å². The molecule has 1 heterocycles. The number of nitrogens with one attached hydrogen (secondary N) is 1. The van der Waals surface area contributed by atoms with E-state index in [1.54, 1.807) is 11.3 Å². The number of hydrogen-bond donors (Lipinski definition) is 2. The lowest BCUT2D eigenvalue weighted by molar-refractivity contribution is 0.549. The van der Waals surface area contributed by atoms with Gasteiger partial charge in [0.15, 0.2) is 5.96 Å². The number of unbranched alkanes of at least 4 members (excludes halogenated alkanes) is 3. The Morgan fingerprint density at radius 3 is 2.79 bits per heavy atom. The van der Waals surface area contributed by atoms with Crippen molar-refractivity contribution in [2.24, 2.45) is 10.7 Å². The number of guanidine groups is 1. The SMILES string of the molecule is CCCCCCNC(N)=NCC(C)(C)c1cccs1. The molecule has 0 amide bonds. The third kappa shape index (κ3) is 6.10. The first-order valence-corrected chi connectivity index (χ1v) is 8.02. The molecule has 0 atom stereocenters. The third-order valence-electron chi connectivity index (χ3n) is 3.17. The second kappa shape index (κ2) is 8.20. The first-order chi connectivity index (χ1) is 9.06. The molecule has 3 N–H and O–H groups in total. The Hall–Kier alpha value is -1.03. The molecule has 1 rings (SSSR count). The van der Waals surface area contributed by atoms with Crippen molar-refractivity contribution in [3.8, 4) is 0 Å². The van der Waals surface area contributed by atoms with E-state index in [4.69, 9.17) is 5.73 Å². The lowest BCUT2D eigenvalue weighted by Gasteiger charge is -2.21. The number of aliphatic imine (C=N–C) groups is 1. The van der Waals surface area contributed by atoms with Crippen molar-refractivity contribution in [3.63, 3.8) is 0 Å². The van der Waals surface area contributed by atoms with Crippen LogP contribution in [0.1, 0.15) is 51.3 Å². The van der Waals surface area contributed by atoms with E-state index < -0.39 is 0 Å². The molecule has 0 saturated heterocycles. The molecule has 0 spiro atoms. The molecule has 4 heteroatoms. The third-order valence-corrected chi connectivity index (χ3v) is 4.41. The van der Waals surface area contributed by atoms with Gasteiger partial charge in [-0.25, -0.2) is 0 Å². The van der Waals surface area contributed by atoms with Gasteiger partial charge in [0.25, 0.3) is 0 Å². The summed E-state index contributed by atoms with van der Waals surface area (Å²) in [5.41, 5.74) is 5.95. The zero-order valence-corrected chi connectivity index (χ0v) is 13.2. The van der Waals surface area contributed by atoms with Crippen molar-refractivity contribution < 1.29 is 0 Å². The van der Waals surface area contributed by atoms with Crippen LogP contribution in [-0.4, -0.2) is 19.0 Å². The number of nitrogens with two attached hydrogens (primary N) is 1. The highest BCUT2D eigenvalue weighted by atomic mass is 32.1. The van der Waals surface area contributed by atoms with Crippen molar-refractivity contribution in [2.75, 3.05) is 13.1 Å². The van der Waals surface area contributed by atoms with Gasteiger partial charge in [-0.3, -0.25) is 4.99 Å². The summed E-state index contributed by atoms with van der Waals surface area (Å²) in [5.74, 6) is 0.570. The molecule has 0 unspecified atom stereocenters. The Labute approximate surface area is 121 Å². The van der Waals surface area contributed by atoms with Crippen molar-refractivity contribution in [1.82, 2.24) is 5.32 Å². The summed E-state index contributed by atoms with van der Waals surface area (Å²) in [5, 5.41) is 5.30. The molecule has 0 radical (unpaired) electrons. The summed E-state index contributed by atoms with van der Waals surface area (Å²) < 4.78 is 0. The quantitative estimate of drug-likeness (QED) is 0.435. The predicted octanol–water partition coefficient (Wildman–Crippen LogP) is 3.51. The van der Waals surface area contributed by atoms with Gasteiger partial charge >= 0.3 is 0 Å². The Morgan fingerprint density at radius 1 is 1.37 bits per heavy atom. The molecule has 0 saturated carbocycles. The number of thiophene rings is 1. The van der Waals surface area contributed by atoms with Crippen LogP contribution in [0.25, 0.3) is 0 Å². The monoisotopic (exact) mass is 281 g/mol. The van der Waals surface area contributed by atoms with E-state index in [-0.39, 0.29) is 5.41 Å². The summed E-state index contributed by atoms with van der Waals surface area (Å²) in [6.07, 6.45) is 4.98. The molecular weight excluding hydrogens is 254 g/mol. The van der Waals surface area contributed by atoms with Crippen LogP contribution in [0.2, 0.25) is 0 Å². The summed E-state index contributed by atoms with van der Waals surface area (Å²) in [4.78, 5) is 5.81. The van der Waals surface area contributed by atoms with Crippen molar-refractivity contribution in [1.29, 1.82) is 0 Å². The normalized spacial score (nSPS) is 12.7. The Balaban J connectivity index is 2.31. The van der Waals surface area contributed by atoms with Gasteiger partial charge in [-0.2, -0.15) is 0 Å². The zero-order valence-electron chi connectivity index (χ0n) is 12.4. The maximum absolute atomic E-state index is 5.89. The number of nitrogens with zero attached hydrogens (tertiary/aromatic N) is 1. The Morgan fingerprint density at radius 2 is 2.16 bits per heavy atom. The minimum Gasteiger partial charge on any atom is -0.370 e. The van der Waals surface area contributed by atoms with Crippen LogP contribution in [0.3, 0.4) is 0 Å². The molecule has 19 heavy (non-hydrogen) atoms. The Kier molecular flexibility index (Phi) is 6.92. The topological polar surface area (TPSA) is 50.4 Å². The van der Waals surface area contributed by atoms with E-state index in [1.807, 2.05) is 0 Å². The van der Waals surface area contributed by atoms with Crippen LogP contribution >= 0.6 is 11.3 Å². The molecular formula is C15H27N3S. The Bertz CT molecular complexity index is 369. The van der Waals surface area contributed by atoms with E-state index in [0.29, 0.717) is 5.96 Å². The largest absolute Gasteiger partial charge is 0.370 e. The van der Waals surface area contributed by atoms with Gasteiger partial charge < -0.3 is 11.1 Å². The van der Waals surface area contributed by atoms with Crippen LogP contribution in [0.5, 0.6) is 0 Å². The molecule has 0 fully saturated rings. The lowest BCUT2D eigenvalue weighted by atomic mass is 9.92. The minimum absolute atomic E-state index is 0.0582. The standard InChI is InChI=1S/C15H27N3S/c1-4-5-6-7-10-17-14(16)18-12-15(2,3)13-9-8-11-19-13/h8-9,11H,4-7,10,12H2,1-3H3,(H3,16,17,18). The fraction of sp³-hybridized carbons (Fsp3) is 0.667. The van der Waals surface area contributed by atoms with E-state index in [9.17, 15) is 0 Å². The van der Waals surface area contributed by atoms with Crippen LogP contribution in [0.15, 0.2) is 22.5 Å². The van der Waals surface area contributed by atoms with Crippen LogP contribution in [0.4, 0.5) is 0 Å². The van der Waals surface area contributed by atoms with Crippen molar-refractivity contribution >= 4 is 17.3 Å². The van der Waals surface area contributed by atoms with Crippen LogP contribution < -0.4 is 11.1 Å². The minimum atomic E-state index is 0.0582. The van der Waals surface area contributed by atoms with E-state index in [1.165, 1.54) is 30.6 Å².